The van der Waals surface area contributed by atoms with Crippen molar-refractivity contribution < 1.29 is 19.5 Å². The quantitative estimate of drug-likeness (QED) is 0.668. The Morgan fingerprint density at radius 2 is 2.14 bits per heavy atom. The molecule has 7 heteroatoms. The van der Waals surface area contributed by atoms with Crippen molar-refractivity contribution >= 4 is 23.6 Å². The Hall–Kier alpha value is -2.57. The molecule has 1 aromatic carbocycles. The van der Waals surface area contributed by atoms with Gasteiger partial charge in [0.25, 0.3) is 0 Å². The number of anilines is 1. The van der Waals surface area contributed by atoms with Crippen molar-refractivity contribution in [2.75, 3.05) is 11.9 Å². The zero-order chi connectivity index (χ0) is 15.4. The largest absolute Gasteiger partial charge is 0.478 e. The number of nitrogens with one attached hydrogen (secondary N) is 3. The van der Waals surface area contributed by atoms with Gasteiger partial charge in [0, 0.05) is 12.2 Å². The Kier molecular flexibility index (Phi) is 4.42. The summed E-state index contributed by atoms with van der Waals surface area (Å²) < 4.78 is 0. The molecule has 1 atom stereocenters. The number of urea groups is 1. The van der Waals surface area contributed by atoms with Crippen molar-refractivity contribution in [1.82, 2.24) is 10.6 Å². The van der Waals surface area contributed by atoms with Crippen LogP contribution >= 0.6 is 0 Å². The molecule has 7 nitrogen and oxygen atoms in total. The minimum atomic E-state index is -1.05. The van der Waals surface area contributed by atoms with Gasteiger partial charge in [-0.25, -0.2) is 9.59 Å². The molecule has 0 spiro atoms. The molecule has 1 aromatic rings. The summed E-state index contributed by atoms with van der Waals surface area (Å²) in [6, 6.07) is 3.53. The van der Waals surface area contributed by atoms with Crippen molar-refractivity contribution in [3.63, 3.8) is 0 Å². The first-order valence-corrected chi connectivity index (χ1v) is 6.66. The number of carbonyl (C=O) groups is 3. The van der Waals surface area contributed by atoms with Crippen LogP contribution in [0.2, 0.25) is 0 Å². The van der Waals surface area contributed by atoms with Crippen LogP contribution in [0.15, 0.2) is 18.2 Å². The number of aryl methyl sites for hydroxylation is 1. The molecule has 1 heterocycles. The number of benzene rings is 1. The second-order valence-electron chi connectivity index (χ2n) is 4.92. The van der Waals surface area contributed by atoms with Gasteiger partial charge >= 0.3 is 12.0 Å². The van der Waals surface area contributed by atoms with Gasteiger partial charge in [0.05, 0.1) is 5.56 Å². The molecule has 0 bridgehead atoms. The Morgan fingerprint density at radius 3 is 2.81 bits per heavy atom. The normalized spacial score (nSPS) is 17.8. The fourth-order valence-electron chi connectivity index (χ4n) is 2.17. The van der Waals surface area contributed by atoms with E-state index < -0.39 is 18.0 Å². The number of piperidine rings is 1. The standard InChI is InChI=1S/C14H17N3O4/c1-8-4-5-9(7-10(8)13(19)20)16-14(21)17-11-3-2-6-15-12(11)18/h4-5,7,11H,2-3,6H2,1H3,(H,15,18)(H,19,20)(H2,16,17,21). The second kappa shape index (κ2) is 6.25. The summed E-state index contributed by atoms with van der Waals surface area (Å²) in [7, 11) is 0. The number of carboxylic acids is 1. The average molecular weight is 291 g/mol. The predicted molar refractivity (Wildman–Crippen MR) is 76.3 cm³/mol. The zero-order valence-corrected chi connectivity index (χ0v) is 11.6. The summed E-state index contributed by atoms with van der Waals surface area (Å²) in [6.07, 6.45) is 1.40. The van der Waals surface area contributed by atoms with Crippen molar-refractivity contribution in [1.29, 1.82) is 0 Å². The van der Waals surface area contributed by atoms with Crippen molar-refractivity contribution in [2.45, 2.75) is 25.8 Å². The fraction of sp³-hybridized carbons (Fsp3) is 0.357. The molecule has 1 aliphatic rings. The third-order valence-electron chi connectivity index (χ3n) is 3.32. The summed E-state index contributed by atoms with van der Waals surface area (Å²) in [5.41, 5.74) is 1.11. The van der Waals surface area contributed by atoms with Gasteiger partial charge < -0.3 is 21.1 Å². The van der Waals surface area contributed by atoms with Gasteiger partial charge in [0.15, 0.2) is 0 Å². The highest BCUT2D eigenvalue weighted by atomic mass is 16.4. The van der Waals surface area contributed by atoms with Crippen LogP contribution in [-0.4, -0.2) is 35.6 Å². The first-order valence-electron chi connectivity index (χ1n) is 6.66. The number of hydrogen-bond acceptors (Lipinski definition) is 3. The molecule has 1 unspecified atom stereocenters. The van der Waals surface area contributed by atoms with Crippen LogP contribution in [0.1, 0.15) is 28.8 Å². The molecule has 1 fully saturated rings. The number of carbonyl (C=O) groups excluding carboxylic acids is 2. The number of amides is 3. The summed E-state index contributed by atoms with van der Waals surface area (Å²) >= 11 is 0. The van der Waals surface area contributed by atoms with Gasteiger partial charge in [-0.05, 0) is 37.5 Å². The van der Waals surface area contributed by atoms with E-state index in [1.54, 1.807) is 19.1 Å². The van der Waals surface area contributed by atoms with Crippen molar-refractivity contribution in [3.8, 4) is 0 Å². The molecule has 1 saturated heterocycles. The van der Waals surface area contributed by atoms with E-state index >= 15 is 0 Å². The lowest BCUT2D eigenvalue weighted by Gasteiger charge is -2.22. The van der Waals surface area contributed by atoms with Crippen LogP contribution in [0.4, 0.5) is 10.5 Å². The third-order valence-corrected chi connectivity index (χ3v) is 3.32. The van der Waals surface area contributed by atoms with Crippen molar-refractivity contribution in [2.24, 2.45) is 0 Å². The van der Waals surface area contributed by atoms with Crippen LogP contribution in [0.5, 0.6) is 0 Å². The molecule has 1 aliphatic heterocycles. The lowest BCUT2D eigenvalue weighted by Crippen LogP contribution is -2.51. The maximum absolute atomic E-state index is 11.8. The van der Waals surface area contributed by atoms with Gasteiger partial charge in [0.2, 0.25) is 5.91 Å². The maximum atomic E-state index is 11.8. The van der Waals surface area contributed by atoms with Gasteiger partial charge in [-0.2, -0.15) is 0 Å². The highest BCUT2D eigenvalue weighted by Gasteiger charge is 2.23. The Labute approximate surface area is 121 Å². The molecule has 0 aromatic heterocycles. The Bertz CT molecular complexity index is 586. The minimum Gasteiger partial charge on any atom is -0.478 e. The van der Waals surface area contributed by atoms with Gasteiger partial charge in [0.1, 0.15) is 6.04 Å². The van der Waals surface area contributed by atoms with E-state index in [9.17, 15) is 14.4 Å². The zero-order valence-electron chi connectivity index (χ0n) is 11.6. The van der Waals surface area contributed by atoms with Gasteiger partial charge in [-0.3, -0.25) is 4.79 Å². The Balaban J connectivity index is 2.01. The summed E-state index contributed by atoms with van der Waals surface area (Å²) in [5.74, 6) is -1.25. The molecular formula is C14H17N3O4. The maximum Gasteiger partial charge on any atom is 0.336 e. The van der Waals surface area contributed by atoms with E-state index in [2.05, 4.69) is 16.0 Å². The summed E-state index contributed by atoms with van der Waals surface area (Å²) in [4.78, 5) is 34.4. The highest BCUT2D eigenvalue weighted by molar-refractivity contribution is 5.96. The Morgan fingerprint density at radius 1 is 1.38 bits per heavy atom. The van der Waals surface area contributed by atoms with Crippen LogP contribution in [0.25, 0.3) is 0 Å². The highest BCUT2D eigenvalue weighted by Crippen LogP contribution is 2.15. The van der Waals surface area contributed by atoms with E-state index in [-0.39, 0.29) is 11.5 Å². The fourth-order valence-corrected chi connectivity index (χ4v) is 2.17. The molecular weight excluding hydrogens is 274 g/mol. The topological polar surface area (TPSA) is 108 Å². The lowest BCUT2D eigenvalue weighted by atomic mass is 10.1. The molecule has 3 amide bonds. The minimum absolute atomic E-state index is 0.128. The SMILES string of the molecule is Cc1ccc(NC(=O)NC2CCCNC2=O)cc1C(=O)O. The number of carboxylic acid groups (broad SMARTS) is 1. The summed E-state index contributed by atoms with van der Waals surface area (Å²) in [5, 5.41) is 16.8. The smallest absolute Gasteiger partial charge is 0.336 e. The molecule has 2 rings (SSSR count). The van der Waals surface area contributed by atoms with Crippen LogP contribution < -0.4 is 16.0 Å². The summed E-state index contributed by atoms with van der Waals surface area (Å²) in [6.45, 7) is 2.30. The van der Waals surface area contributed by atoms with Gasteiger partial charge in [-0.1, -0.05) is 6.07 Å². The first-order chi connectivity index (χ1) is 9.97. The van der Waals surface area contributed by atoms with Crippen LogP contribution in [0.3, 0.4) is 0 Å². The van der Waals surface area contributed by atoms with E-state index in [1.165, 1.54) is 6.07 Å². The monoisotopic (exact) mass is 291 g/mol. The van der Waals surface area contributed by atoms with E-state index in [0.717, 1.165) is 6.42 Å². The lowest BCUT2D eigenvalue weighted by molar-refractivity contribution is -0.124. The number of aromatic carboxylic acids is 1. The molecule has 0 radical (unpaired) electrons. The number of rotatable bonds is 3. The van der Waals surface area contributed by atoms with E-state index in [0.29, 0.717) is 24.2 Å². The molecule has 0 aliphatic carbocycles. The van der Waals surface area contributed by atoms with Crippen LogP contribution in [-0.2, 0) is 4.79 Å². The molecule has 112 valence electrons. The molecule has 0 saturated carbocycles. The van der Waals surface area contributed by atoms with Gasteiger partial charge in [-0.15, -0.1) is 0 Å². The second-order valence-corrected chi connectivity index (χ2v) is 4.92. The predicted octanol–water partition coefficient (Wildman–Crippen LogP) is 1.09. The van der Waals surface area contributed by atoms with Crippen molar-refractivity contribution in [3.05, 3.63) is 29.3 Å². The van der Waals surface area contributed by atoms with Crippen LogP contribution in [0, 0.1) is 6.92 Å². The average Bonchev–Trinajstić information content (AvgIpc) is 2.43. The van der Waals surface area contributed by atoms with E-state index in [1.807, 2.05) is 0 Å². The number of hydrogen-bond donors (Lipinski definition) is 4. The molecule has 4 N–H and O–H groups in total. The molecule has 21 heavy (non-hydrogen) atoms. The van der Waals surface area contributed by atoms with E-state index in [4.69, 9.17) is 5.11 Å². The first kappa shape index (κ1) is 14.8. The third kappa shape index (κ3) is 3.71.